The fourth-order valence-electron chi connectivity index (χ4n) is 3.07. The molecule has 0 aromatic carbocycles. The van der Waals surface area contributed by atoms with Gasteiger partial charge in [-0.1, -0.05) is 27.2 Å². The number of carbonyl (C=O) groups is 1. The van der Waals surface area contributed by atoms with Gasteiger partial charge >= 0.3 is 5.69 Å². The van der Waals surface area contributed by atoms with Crippen molar-refractivity contribution in [1.29, 1.82) is 0 Å². The molecule has 0 bridgehead atoms. The fraction of sp³-hybridized carbons (Fsp3) is 0.737. The van der Waals surface area contributed by atoms with Gasteiger partial charge in [-0.25, -0.2) is 9.36 Å². The predicted molar refractivity (Wildman–Crippen MR) is 110 cm³/mol. The first kappa shape index (κ1) is 22.0. The predicted octanol–water partition coefficient (Wildman–Crippen LogP) is 0.390. The maximum absolute atomic E-state index is 13.1. The highest BCUT2D eigenvalue weighted by Gasteiger charge is 2.24. The first-order valence-corrected chi connectivity index (χ1v) is 10.0. The maximum Gasteiger partial charge on any atom is 0.333 e. The van der Waals surface area contributed by atoms with Crippen LogP contribution in [0.1, 0.15) is 40.5 Å². The third-order valence-corrected chi connectivity index (χ3v) is 5.20. The monoisotopic (exact) mass is 395 g/mol. The van der Waals surface area contributed by atoms with Crippen LogP contribution < -0.4 is 27.2 Å². The van der Waals surface area contributed by atoms with Crippen LogP contribution in [0.15, 0.2) is 9.59 Å². The Morgan fingerprint density at radius 2 is 1.82 bits per heavy atom. The van der Waals surface area contributed by atoms with Gasteiger partial charge in [-0.3, -0.25) is 14.2 Å². The number of nitrogens with zero attached hydrogens (tertiary/aromatic N) is 3. The zero-order chi connectivity index (χ0) is 20.8. The minimum atomic E-state index is -0.541. The van der Waals surface area contributed by atoms with Crippen LogP contribution in [0.3, 0.4) is 0 Å². The van der Waals surface area contributed by atoms with Crippen LogP contribution in [0.2, 0.25) is 0 Å². The maximum atomic E-state index is 13.1. The average molecular weight is 396 g/mol. The van der Waals surface area contributed by atoms with Gasteiger partial charge in [0.15, 0.2) is 0 Å². The minimum absolute atomic E-state index is 0.0574. The lowest BCUT2D eigenvalue weighted by Gasteiger charge is -2.30. The van der Waals surface area contributed by atoms with Crippen LogP contribution in [0.4, 0.5) is 11.5 Å². The molecule has 0 unspecified atom stereocenters. The number of nitrogen functional groups attached to an aromatic ring is 1. The van der Waals surface area contributed by atoms with E-state index in [0.29, 0.717) is 32.8 Å². The molecule has 0 aliphatic carbocycles. The molecule has 1 aliphatic rings. The normalized spacial score (nSPS) is 15.7. The summed E-state index contributed by atoms with van der Waals surface area (Å²) in [5.74, 6) is 0.0508. The number of ether oxygens (including phenoxy) is 1. The van der Waals surface area contributed by atoms with Crippen LogP contribution >= 0.6 is 0 Å². The van der Waals surface area contributed by atoms with E-state index >= 15 is 0 Å². The number of carbonyl (C=O) groups excluding carboxylic acids is 1. The second-order valence-electron chi connectivity index (χ2n) is 7.61. The van der Waals surface area contributed by atoms with Crippen molar-refractivity contribution >= 4 is 17.4 Å². The number of nitrogens with two attached hydrogens (primary N) is 1. The van der Waals surface area contributed by atoms with Gasteiger partial charge in [-0.15, -0.1) is 0 Å². The van der Waals surface area contributed by atoms with E-state index in [4.69, 9.17) is 10.5 Å². The van der Waals surface area contributed by atoms with Crippen molar-refractivity contribution in [3.63, 3.8) is 0 Å². The van der Waals surface area contributed by atoms with Crippen molar-refractivity contribution < 1.29 is 9.53 Å². The van der Waals surface area contributed by atoms with Crippen LogP contribution in [0.5, 0.6) is 0 Å². The van der Waals surface area contributed by atoms with E-state index < -0.39 is 11.2 Å². The molecule has 9 heteroatoms. The van der Waals surface area contributed by atoms with E-state index in [1.54, 1.807) is 0 Å². The molecule has 1 aromatic rings. The SMILES string of the molecule is CCCCn1c(N)c(N2CCOCC2)c(=O)n(CC(=O)N[C@H](C)C(C)C)c1=O. The topological polar surface area (TPSA) is 112 Å². The van der Waals surface area contributed by atoms with Gasteiger partial charge < -0.3 is 20.7 Å². The first-order valence-electron chi connectivity index (χ1n) is 10.0. The summed E-state index contributed by atoms with van der Waals surface area (Å²) in [6, 6.07) is -0.0574. The Kier molecular flexibility index (Phi) is 7.68. The van der Waals surface area contributed by atoms with E-state index in [2.05, 4.69) is 5.32 Å². The van der Waals surface area contributed by atoms with Crippen LogP contribution in [0, 0.1) is 5.92 Å². The highest BCUT2D eigenvalue weighted by molar-refractivity contribution is 5.76. The molecule has 1 fully saturated rings. The Morgan fingerprint density at radius 3 is 2.39 bits per heavy atom. The smallest absolute Gasteiger partial charge is 0.333 e. The van der Waals surface area contributed by atoms with Crippen molar-refractivity contribution in [2.75, 3.05) is 36.9 Å². The standard InChI is InChI=1S/C19H33N5O4/c1-5-6-7-23-17(20)16(22-8-10-28-11-9-22)18(26)24(19(23)27)12-15(25)21-14(4)13(2)3/h13-14H,5-12,20H2,1-4H3,(H,21,25)/t14-/m1/s1. The second kappa shape index (κ2) is 9.77. The number of unbranched alkanes of at least 4 members (excludes halogenated alkanes) is 1. The first-order chi connectivity index (χ1) is 13.3. The molecule has 158 valence electrons. The molecule has 9 nitrogen and oxygen atoms in total. The third kappa shape index (κ3) is 4.95. The van der Waals surface area contributed by atoms with Gasteiger partial charge in [0.1, 0.15) is 18.1 Å². The number of nitrogens with one attached hydrogen (secondary N) is 1. The van der Waals surface area contributed by atoms with E-state index in [9.17, 15) is 14.4 Å². The number of hydrogen-bond donors (Lipinski definition) is 2. The molecule has 0 radical (unpaired) electrons. The molecule has 2 heterocycles. The van der Waals surface area contributed by atoms with Crippen molar-refractivity contribution in [1.82, 2.24) is 14.5 Å². The molecular formula is C19H33N5O4. The van der Waals surface area contributed by atoms with Crippen molar-refractivity contribution in [2.24, 2.45) is 5.92 Å². The molecule has 1 aromatic heterocycles. The van der Waals surface area contributed by atoms with Crippen molar-refractivity contribution in [3.05, 3.63) is 20.8 Å². The number of anilines is 2. The van der Waals surface area contributed by atoms with Crippen molar-refractivity contribution in [2.45, 2.75) is 59.7 Å². The van der Waals surface area contributed by atoms with Crippen LogP contribution in [-0.4, -0.2) is 47.4 Å². The summed E-state index contributed by atoms with van der Waals surface area (Å²) in [5.41, 5.74) is 5.46. The fourth-order valence-corrected chi connectivity index (χ4v) is 3.07. The Hall–Kier alpha value is -2.29. The zero-order valence-electron chi connectivity index (χ0n) is 17.4. The Balaban J connectivity index is 2.46. The van der Waals surface area contributed by atoms with Crippen LogP contribution in [-0.2, 0) is 22.6 Å². The van der Waals surface area contributed by atoms with Gasteiger partial charge in [0.05, 0.1) is 13.2 Å². The summed E-state index contributed by atoms with van der Waals surface area (Å²) >= 11 is 0. The summed E-state index contributed by atoms with van der Waals surface area (Å²) in [7, 11) is 0. The highest BCUT2D eigenvalue weighted by atomic mass is 16.5. The lowest BCUT2D eigenvalue weighted by Crippen LogP contribution is -2.49. The van der Waals surface area contributed by atoms with Gasteiger partial charge in [0.25, 0.3) is 5.56 Å². The molecule has 0 spiro atoms. The van der Waals surface area contributed by atoms with E-state index in [1.807, 2.05) is 32.6 Å². The second-order valence-corrected chi connectivity index (χ2v) is 7.61. The van der Waals surface area contributed by atoms with E-state index in [1.165, 1.54) is 4.57 Å². The molecular weight excluding hydrogens is 362 g/mol. The minimum Gasteiger partial charge on any atom is -0.383 e. The largest absolute Gasteiger partial charge is 0.383 e. The molecule has 1 aliphatic heterocycles. The van der Waals surface area contributed by atoms with E-state index in [0.717, 1.165) is 17.4 Å². The lowest BCUT2D eigenvalue weighted by molar-refractivity contribution is -0.122. The van der Waals surface area contributed by atoms with Gasteiger partial charge in [-0.05, 0) is 19.3 Å². The molecule has 2 rings (SSSR count). The Morgan fingerprint density at radius 1 is 1.18 bits per heavy atom. The summed E-state index contributed by atoms with van der Waals surface area (Å²) < 4.78 is 7.77. The number of rotatable bonds is 8. The number of morpholine rings is 1. The van der Waals surface area contributed by atoms with Gasteiger partial charge in [-0.2, -0.15) is 0 Å². The quantitative estimate of drug-likeness (QED) is 0.659. The third-order valence-electron chi connectivity index (χ3n) is 5.20. The molecule has 1 amide bonds. The number of hydrogen-bond acceptors (Lipinski definition) is 6. The molecule has 1 saturated heterocycles. The lowest BCUT2D eigenvalue weighted by atomic mass is 10.1. The average Bonchev–Trinajstić information content (AvgIpc) is 2.66. The Bertz CT molecular complexity index is 793. The highest BCUT2D eigenvalue weighted by Crippen LogP contribution is 2.18. The molecule has 1 atom stereocenters. The number of aromatic nitrogens is 2. The summed E-state index contributed by atoms with van der Waals surface area (Å²) in [5, 5.41) is 2.85. The van der Waals surface area contributed by atoms with E-state index in [-0.39, 0.29) is 35.9 Å². The summed E-state index contributed by atoms with van der Waals surface area (Å²) in [4.78, 5) is 40.3. The molecule has 28 heavy (non-hydrogen) atoms. The molecule has 3 N–H and O–H groups in total. The van der Waals surface area contributed by atoms with Gasteiger partial charge in [0, 0.05) is 25.7 Å². The summed E-state index contributed by atoms with van der Waals surface area (Å²) in [6.45, 7) is 9.99. The Labute approximate surface area is 165 Å². The molecule has 0 saturated carbocycles. The number of amides is 1. The van der Waals surface area contributed by atoms with Crippen molar-refractivity contribution in [3.8, 4) is 0 Å². The van der Waals surface area contributed by atoms with Gasteiger partial charge in [0.2, 0.25) is 5.91 Å². The van der Waals surface area contributed by atoms with Crippen LogP contribution in [0.25, 0.3) is 0 Å². The zero-order valence-corrected chi connectivity index (χ0v) is 17.4. The summed E-state index contributed by atoms with van der Waals surface area (Å²) in [6.07, 6.45) is 1.63.